The number of allylic oxidation sites excluding steroid dienone is 8. The van der Waals surface area contributed by atoms with Crippen LogP contribution >= 0.6 is 11.6 Å². The van der Waals surface area contributed by atoms with Crippen molar-refractivity contribution in [2.75, 3.05) is 18.0 Å². The SMILES string of the molecule is CCCC[N+]1=C(C=CC2=C(Cl)C(=CC=C3N(CCC(C)S(=O)(=O)O)c4ccc5ccccc5c4C3(C)C)CCC2)C(C)(C)c2c1ccc1cc(S(=O)(=O)O)ccc21. The Bertz CT molecular complexity index is 2690. The summed E-state index contributed by atoms with van der Waals surface area (Å²) >= 11 is 7.29. The normalized spacial score (nSPS) is 20.1. The van der Waals surface area contributed by atoms with E-state index in [1.807, 2.05) is 18.2 Å². The number of hydrogen-bond acceptors (Lipinski definition) is 5. The Morgan fingerprint density at radius 1 is 0.860 bits per heavy atom. The lowest BCUT2D eigenvalue weighted by Gasteiger charge is -2.28. The van der Waals surface area contributed by atoms with E-state index >= 15 is 0 Å². The third-order valence-electron chi connectivity index (χ3n) is 12.2. The summed E-state index contributed by atoms with van der Waals surface area (Å²) in [4.78, 5) is 2.08. The highest BCUT2D eigenvalue weighted by Crippen LogP contribution is 2.51. The minimum atomic E-state index is -4.33. The predicted molar refractivity (Wildman–Crippen MR) is 233 cm³/mol. The molecular weight excluding hydrogens is 776 g/mol. The smallest absolute Gasteiger partial charge is 0.294 e. The molecule has 0 bridgehead atoms. The lowest BCUT2D eigenvalue weighted by molar-refractivity contribution is -0.438. The van der Waals surface area contributed by atoms with Crippen molar-refractivity contribution in [2.45, 2.75) is 101 Å². The van der Waals surface area contributed by atoms with Crippen LogP contribution in [0.3, 0.4) is 0 Å². The molecule has 2 heterocycles. The van der Waals surface area contributed by atoms with Gasteiger partial charge in [-0.15, -0.1) is 0 Å². The van der Waals surface area contributed by atoms with Gasteiger partial charge < -0.3 is 4.90 Å². The van der Waals surface area contributed by atoms with Crippen molar-refractivity contribution in [3.8, 4) is 0 Å². The Hall–Kier alpha value is -4.06. The van der Waals surface area contributed by atoms with E-state index in [9.17, 15) is 25.9 Å². The molecular formula is C46H52ClN2O6S2+. The van der Waals surface area contributed by atoms with Gasteiger partial charge in [0, 0.05) is 52.5 Å². The molecule has 4 aromatic carbocycles. The van der Waals surface area contributed by atoms with E-state index in [1.54, 1.807) is 13.0 Å². The Kier molecular flexibility index (Phi) is 11.0. The molecule has 0 saturated carbocycles. The summed E-state index contributed by atoms with van der Waals surface area (Å²) in [5, 5.41) is 3.84. The first-order valence-electron chi connectivity index (χ1n) is 19.8. The van der Waals surface area contributed by atoms with E-state index in [0.717, 1.165) is 105 Å². The standard InChI is InChI=1S/C46H51ClN2O6S2/c1-7-8-27-48-38-23-17-34-29-35(57(53,54)55)20-21-37(34)43(38)45(3,4)40(48)24-18-32-13-11-14-33(44(32)47)19-25-41-46(5,6)42-36-15-10-9-12-31(36)16-22-39(42)49(41)28-26-30(2)56(50,51)52/h9-10,12,15-25,29-30H,7-8,11,13-14,26-28H2,1-6H3,(H-,50,51,52,53,54,55)/p+1. The van der Waals surface area contributed by atoms with Crippen LogP contribution in [0, 0.1) is 0 Å². The van der Waals surface area contributed by atoms with Crippen LogP contribution in [0.15, 0.2) is 118 Å². The lowest BCUT2D eigenvalue weighted by Crippen LogP contribution is -2.30. The van der Waals surface area contributed by atoms with Gasteiger partial charge in [0.1, 0.15) is 6.54 Å². The molecule has 7 rings (SSSR count). The van der Waals surface area contributed by atoms with Crippen molar-refractivity contribution in [3.05, 3.63) is 124 Å². The van der Waals surface area contributed by atoms with Crippen LogP contribution in [0.25, 0.3) is 21.5 Å². The summed E-state index contributed by atoms with van der Waals surface area (Å²) < 4.78 is 69.8. The fourth-order valence-electron chi connectivity index (χ4n) is 9.09. The van der Waals surface area contributed by atoms with Gasteiger partial charge in [0.2, 0.25) is 5.69 Å². The van der Waals surface area contributed by atoms with Gasteiger partial charge in [0.25, 0.3) is 20.2 Å². The molecule has 0 aromatic heterocycles. The fourth-order valence-corrected chi connectivity index (χ4v) is 10.3. The maximum absolute atomic E-state index is 12.0. The summed E-state index contributed by atoms with van der Waals surface area (Å²) in [5.74, 6) is 0. The van der Waals surface area contributed by atoms with Crippen molar-refractivity contribution in [1.29, 1.82) is 0 Å². The van der Waals surface area contributed by atoms with Gasteiger partial charge in [-0.2, -0.15) is 21.4 Å². The van der Waals surface area contributed by atoms with Crippen LogP contribution in [0.1, 0.15) is 91.2 Å². The highest BCUT2D eigenvalue weighted by molar-refractivity contribution is 7.86. The number of hydrogen-bond donors (Lipinski definition) is 2. The summed E-state index contributed by atoms with van der Waals surface area (Å²) in [7, 11) is -8.51. The maximum atomic E-state index is 12.0. The van der Waals surface area contributed by atoms with Gasteiger partial charge in [-0.1, -0.05) is 87.3 Å². The van der Waals surface area contributed by atoms with Crippen LogP contribution in [-0.2, 0) is 31.1 Å². The second kappa shape index (κ2) is 15.3. The summed E-state index contributed by atoms with van der Waals surface area (Å²) in [5.41, 5.74) is 7.92. The largest absolute Gasteiger partial charge is 0.344 e. The Morgan fingerprint density at radius 3 is 2.30 bits per heavy atom. The summed E-state index contributed by atoms with van der Waals surface area (Å²) in [6, 6.07) is 21.4. The lowest BCUT2D eigenvalue weighted by atomic mass is 9.78. The highest BCUT2D eigenvalue weighted by Gasteiger charge is 2.46. The number of fused-ring (bicyclic) bond motifs is 6. The average Bonchev–Trinajstić information content (AvgIpc) is 3.52. The summed E-state index contributed by atoms with van der Waals surface area (Å²) in [6.45, 7) is 13.8. The molecule has 0 radical (unpaired) electrons. The van der Waals surface area contributed by atoms with Gasteiger partial charge in [-0.25, -0.2) is 0 Å². The van der Waals surface area contributed by atoms with E-state index in [1.165, 1.54) is 17.7 Å². The third kappa shape index (κ3) is 7.56. The number of unbranched alkanes of at least 4 members (excludes halogenated alkanes) is 1. The van der Waals surface area contributed by atoms with E-state index < -0.39 is 36.3 Å². The van der Waals surface area contributed by atoms with Gasteiger partial charge >= 0.3 is 0 Å². The first kappa shape index (κ1) is 41.1. The van der Waals surface area contributed by atoms with Crippen molar-refractivity contribution in [2.24, 2.45) is 0 Å². The Labute approximate surface area is 342 Å². The number of halogens is 1. The molecule has 1 aliphatic carbocycles. The molecule has 1 unspecified atom stereocenters. The van der Waals surface area contributed by atoms with Crippen LogP contribution in [0.4, 0.5) is 11.4 Å². The third-order valence-corrected chi connectivity index (χ3v) is 14.8. The van der Waals surface area contributed by atoms with Crippen molar-refractivity contribution in [1.82, 2.24) is 0 Å². The van der Waals surface area contributed by atoms with Crippen LogP contribution in [0.2, 0.25) is 0 Å². The zero-order chi connectivity index (χ0) is 41.1. The second-order valence-electron chi connectivity index (χ2n) is 16.7. The van der Waals surface area contributed by atoms with Crippen molar-refractivity contribution < 1.29 is 30.5 Å². The molecule has 8 nitrogen and oxygen atoms in total. The van der Waals surface area contributed by atoms with E-state index in [-0.39, 0.29) is 11.3 Å². The topological polar surface area (TPSA) is 115 Å². The molecule has 300 valence electrons. The summed E-state index contributed by atoms with van der Waals surface area (Å²) in [6.07, 6.45) is 13.5. The Morgan fingerprint density at radius 2 is 1.58 bits per heavy atom. The molecule has 4 aromatic rings. The van der Waals surface area contributed by atoms with Gasteiger partial charge in [0.05, 0.1) is 15.6 Å². The Balaban J connectivity index is 1.26. The molecule has 0 spiro atoms. The molecule has 3 aliphatic rings. The van der Waals surface area contributed by atoms with Crippen molar-refractivity contribution >= 4 is 70.5 Å². The zero-order valence-corrected chi connectivity index (χ0v) is 35.9. The average molecular weight is 829 g/mol. The number of anilines is 1. The molecule has 2 N–H and O–H groups in total. The maximum Gasteiger partial charge on any atom is 0.294 e. The molecule has 11 heteroatoms. The monoisotopic (exact) mass is 827 g/mol. The molecule has 0 fully saturated rings. The van der Waals surface area contributed by atoms with Gasteiger partial charge in [-0.3, -0.25) is 9.11 Å². The van der Waals surface area contributed by atoms with Crippen LogP contribution < -0.4 is 4.90 Å². The zero-order valence-electron chi connectivity index (χ0n) is 33.5. The highest BCUT2D eigenvalue weighted by atomic mass is 35.5. The number of benzene rings is 4. The minimum absolute atomic E-state index is 0.120. The van der Waals surface area contributed by atoms with Crippen LogP contribution in [-0.4, -0.2) is 54.6 Å². The predicted octanol–water partition coefficient (Wildman–Crippen LogP) is 10.9. The molecule has 2 aliphatic heterocycles. The first-order valence-corrected chi connectivity index (χ1v) is 23.1. The first-order chi connectivity index (χ1) is 26.9. The van der Waals surface area contributed by atoms with Crippen LogP contribution in [0.5, 0.6) is 0 Å². The second-order valence-corrected chi connectivity index (χ2v) is 20.3. The molecule has 57 heavy (non-hydrogen) atoms. The van der Waals surface area contributed by atoms with E-state index in [2.05, 4.69) is 98.7 Å². The molecule has 0 amide bonds. The van der Waals surface area contributed by atoms with Gasteiger partial charge in [-0.05, 0) is 115 Å². The van der Waals surface area contributed by atoms with Crippen molar-refractivity contribution in [3.63, 3.8) is 0 Å². The quantitative estimate of drug-likeness (QED) is 0.114. The van der Waals surface area contributed by atoms with Gasteiger partial charge in [0.15, 0.2) is 5.71 Å². The molecule has 0 saturated heterocycles. The number of rotatable bonds is 11. The van der Waals surface area contributed by atoms with E-state index in [0.29, 0.717) is 6.54 Å². The molecule has 1 atom stereocenters. The van der Waals surface area contributed by atoms with E-state index in [4.69, 9.17) is 11.6 Å². The minimum Gasteiger partial charge on any atom is -0.344 e. The fraction of sp³-hybridized carbons (Fsp3) is 0.370. The number of nitrogens with zero attached hydrogens (tertiary/aromatic N) is 2.